The predicted octanol–water partition coefficient (Wildman–Crippen LogP) is 1.04. The largest absolute Gasteiger partial charge is 0.452 e. The van der Waals surface area contributed by atoms with Crippen LogP contribution >= 0.6 is 0 Å². The summed E-state index contributed by atoms with van der Waals surface area (Å²) in [4.78, 5) is 35.8. The van der Waals surface area contributed by atoms with E-state index in [1.807, 2.05) is 0 Å². The molecule has 0 heterocycles. The average molecular weight is 360 g/mol. The summed E-state index contributed by atoms with van der Waals surface area (Å²) < 4.78 is 16.5. The van der Waals surface area contributed by atoms with Gasteiger partial charge < -0.3 is 4.74 Å². The van der Waals surface area contributed by atoms with Gasteiger partial charge in [0.05, 0.1) is 21.3 Å². The first kappa shape index (κ1) is 18.3. The molecular formula is C17H16N2O5S. The van der Waals surface area contributed by atoms with Crippen molar-refractivity contribution in [3.05, 3.63) is 65.7 Å². The van der Waals surface area contributed by atoms with Gasteiger partial charge in [-0.15, -0.1) is 0 Å². The van der Waals surface area contributed by atoms with Gasteiger partial charge in [-0.05, 0) is 24.3 Å². The van der Waals surface area contributed by atoms with Gasteiger partial charge in [0.25, 0.3) is 11.8 Å². The Labute approximate surface area is 146 Å². The number of carbonyl (C=O) groups excluding carboxylic acids is 3. The fourth-order valence-electron chi connectivity index (χ4n) is 1.92. The number of amides is 2. The molecule has 2 N–H and O–H groups in total. The van der Waals surface area contributed by atoms with Crippen LogP contribution in [-0.2, 0) is 20.3 Å². The van der Waals surface area contributed by atoms with Gasteiger partial charge in [-0.3, -0.25) is 24.6 Å². The summed E-state index contributed by atoms with van der Waals surface area (Å²) in [5, 5.41) is 0. The second-order valence-corrected chi connectivity index (χ2v) is 6.24. The molecule has 0 saturated heterocycles. The lowest BCUT2D eigenvalue weighted by Crippen LogP contribution is -2.43. The number of ether oxygens (including phenoxy) is 1. The monoisotopic (exact) mass is 360 g/mol. The zero-order valence-electron chi connectivity index (χ0n) is 13.4. The lowest BCUT2D eigenvalue weighted by atomic mass is 10.2. The van der Waals surface area contributed by atoms with E-state index in [9.17, 15) is 18.6 Å². The first-order valence-corrected chi connectivity index (χ1v) is 8.78. The van der Waals surface area contributed by atoms with Gasteiger partial charge in [-0.1, -0.05) is 30.3 Å². The lowest BCUT2D eigenvalue weighted by molar-refractivity contribution is -0.125. The Hall–Kier alpha value is -3.00. The van der Waals surface area contributed by atoms with Crippen LogP contribution in [0.15, 0.2) is 59.5 Å². The van der Waals surface area contributed by atoms with Crippen LogP contribution in [0.5, 0.6) is 0 Å². The van der Waals surface area contributed by atoms with Crippen molar-refractivity contribution in [3.63, 3.8) is 0 Å². The third-order valence-electron chi connectivity index (χ3n) is 3.10. The second kappa shape index (κ2) is 8.74. The van der Waals surface area contributed by atoms with Crippen molar-refractivity contribution in [1.29, 1.82) is 0 Å². The number of hydrazine groups is 1. The standard InChI is InChI=1S/C17H16N2O5S/c1-25(23)14-10-6-5-9-13(14)17(22)24-11-15(20)18-19-16(21)12-7-3-2-4-8-12/h2-10H,11H2,1H3,(H,18,20)(H,19,21)/t25-/m0/s1. The maximum Gasteiger partial charge on any atom is 0.339 e. The highest BCUT2D eigenvalue weighted by molar-refractivity contribution is 7.84. The van der Waals surface area contributed by atoms with Crippen LogP contribution < -0.4 is 10.9 Å². The highest BCUT2D eigenvalue weighted by Crippen LogP contribution is 2.13. The molecule has 0 unspecified atom stereocenters. The van der Waals surface area contributed by atoms with E-state index < -0.39 is 35.2 Å². The van der Waals surface area contributed by atoms with Crippen molar-refractivity contribution in [3.8, 4) is 0 Å². The number of nitrogens with one attached hydrogen (secondary N) is 2. The quantitative estimate of drug-likeness (QED) is 0.613. The summed E-state index contributed by atoms with van der Waals surface area (Å²) in [6, 6.07) is 14.6. The summed E-state index contributed by atoms with van der Waals surface area (Å²) in [7, 11) is -1.36. The highest BCUT2D eigenvalue weighted by atomic mass is 32.2. The minimum Gasteiger partial charge on any atom is -0.452 e. The fourth-order valence-corrected chi connectivity index (χ4v) is 2.65. The van der Waals surface area contributed by atoms with E-state index in [1.54, 1.807) is 48.5 Å². The summed E-state index contributed by atoms with van der Waals surface area (Å²) in [6.07, 6.45) is 1.44. The number of benzene rings is 2. The molecule has 0 radical (unpaired) electrons. The smallest absolute Gasteiger partial charge is 0.339 e. The Balaban J connectivity index is 1.85. The molecule has 2 rings (SSSR count). The molecule has 2 aromatic rings. The zero-order valence-corrected chi connectivity index (χ0v) is 14.2. The Morgan fingerprint density at radius 1 is 0.960 bits per heavy atom. The molecule has 7 nitrogen and oxygen atoms in total. The molecule has 0 aliphatic carbocycles. The maximum absolute atomic E-state index is 12.0. The number of carbonyl (C=O) groups is 3. The lowest BCUT2D eigenvalue weighted by Gasteiger charge is -2.09. The molecule has 8 heteroatoms. The van der Waals surface area contributed by atoms with Crippen molar-refractivity contribution in [1.82, 2.24) is 10.9 Å². The minimum atomic E-state index is -1.36. The first-order valence-electron chi connectivity index (χ1n) is 7.23. The average Bonchev–Trinajstić information content (AvgIpc) is 2.64. The van der Waals surface area contributed by atoms with E-state index >= 15 is 0 Å². The molecule has 0 fully saturated rings. The molecule has 2 aromatic carbocycles. The molecule has 0 aliphatic heterocycles. The first-order chi connectivity index (χ1) is 12.0. The van der Waals surface area contributed by atoms with Gasteiger partial charge in [0.1, 0.15) is 0 Å². The molecular weight excluding hydrogens is 344 g/mol. The van der Waals surface area contributed by atoms with Gasteiger partial charge in [0.2, 0.25) is 0 Å². The molecule has 0 saturated carbocycles. The summed E-state index contributed by atoms with van der Waals surface area (Å²) in [6.45, 7) is -0.585. The number of esters is 1. The van der Waals surface area contributed by atoms with Crippen molar-refractivity contribution < 1.29 is 23.3 Å². The van der Waals surface area contributed by atoms with Gasteiger partial charge in [-0.25, -0.2) is 4.79 Å². The summed E-state index contributed by atoms with van der Waals surface area (Å²) in [5.41, 5.74) is 4.87. The normalized spacial score (nSPS) is 11.2. The van der Waals surface area contributed by atoms with E-state index in [4.69, 9.17) is 4.74 Å². The van der Waals surface area contributed by atoms with Gasteiger partial charge in [0, 0.05) is 11.8 Å². The number of hydrogen-bond donors (Lipinski definition) is 2. The second-order valence-electron chi connectivity index (χ2n) is 4.89. The van der Waals surface area contributed by atoms with E-state index in [0.717, 1.165) is 0 Å². The van der Waals surface area contributed by atoms with Crippen LogP contribution in [0, 0.1) is 0 Å². The minimum absolute atomic E-state index is 0.129. The van der Waals surface area contributed by atoms with Gasteiger partial charge in [0.15, 0.2) is 6.61 Å². The Kier molecular flexibility index (Phi) is 6.41. The van der Waals surface area contributed by atoms with E-state index in [1.165, 1.54) is 12.3 Å². The van der Waals surface area contributed by atoms with Gasteiger partial charge in [-0.2, -0.15) is 0 Å². The van der Waals surface area contributed by atoms with Crippen LogP contribution in [0.1, 0.15) is 20.7 Å². The van der Waals surface area contributed by atoms with E-state index in [0.29, 0.717) is 10.5 Å². The number of hydrogen-bond acceptors (Lipinski definition) is 5. The van der Waals surface area contributed by atoms with Crippen molar-refractivity contribution >= 4 is 28.6 Å². The maximum atomic E-state index is 12.0. The molecule has 1 atom stereocenters. The van der Waals surface area contributed by atoms with Crippen LogP contribution in [-0.4, -0.2) is 34.9 Å². The topological polar surface area (TPSA) is 102 Å². The third-order valence-corrected chi connectivity index (χ3v) is 4.08. The Morgan fingerprint density at radius 3 is 2.28 bits per heavy atom. The molecule has 0 spiro atoms. The van der Waals surface area contributed by atoms with Crippen LogP contribution in [0.3, 0.4) is 0 Å². The van der Waals surface area contributed by atoms with Crippen molar-refractivity contribution in [2.24, 2.45) is 0 Å². The van der Waals surface area contributed by atoms with Crippen molar-refractivity contribution in [2.45, 2.75) is 4.90 Å². The third kappa shape index (κ3) is 5.25. The highest BCUT2D eigenvalue weighted by Gasteiger charge is 2.16. The molecule has 0 aromatic heterocycles. The summed E-state index contributed by atoms with van der Waals surface area (Å²) in [5.74, 6) is -1.96. The zero-order chi connectivity index (χ0) is 18.2. The SMILES string of the molecule is C[S@](=O)c1ccccc1C(=O)OCC(=O)NNC(=O)c1ccccc1. The van der Waals surface area contributed by atoms with E-state index in [2.05, 4.69) is 10.9 Å². The molecule has 0 aliphatic rings. The fraction of sp³-hybridized carbons (Fsp3) is 0.118. The predicted molar refractivity (Wildman–Crippen MR) is 91.1 cm³/mol. The molecule has 25 heavy (non-hydrogen) atoms. The summed E-state index contributed by atoms with van der Waals surface area (Å²) >= 11 is 0. The Bertz CT molecular complexity index is 808. The van der Waals surface area contributed by atoms with Crippen LogP contribution in [0.25, 0.3) is 0 Å². The van der Waals surface area contributed by atoms with E-state index in [-0.39, 0.29) is 5.56 Å². The van der Waals surface area contributed by atoms with Gasteiger partial charge >= 0.3 is 5.97 Å². The van der Waals surface area contributed by atoms with Crippen LogP contribution in [0.4, 0.5) is 0 Å². The van der Waals surface area contributed by atoms with Crippen molar-refractivity contribution in [2.75, 3.05) is 12.9 Å². The molecule has 2 amide bonds. The number of rotatable bonds is 5. The Morgan fingerprint density at radius 2 is 1.60 bits per heavy atom. The molecule has 130 valence electrons. The van der Waals surface area contributed by atoms with Crippen LogP contribution in [0.2, 0.25) is 0 Å². The molecule has 0 bridgehead atoms.